The Hall–Kier alpha value is -4.08. The summed E-state index contributed by atoms with van der Waals surface area (Å²) in [5.41, 5.74) is 1.53. The van der Waals surface area contributed by atoms with Crippen LogP contribution < -0.4 is 19.1 Å². The smallest absolute Gasteiger partial charge is 0.301 e. The largest absolute Gasteiger partial charge is 0.507 e. The Bertz CT molecular complexity index is 1700. The topological polar surface area (TPSA) is 98.2 Å². The zero-order valence-corrected chi connectivity index (χ0v) is 26.7. The van der Waals surface area contributed by atoms with E-state index in [9.17, 15) is 14.7 Å². The molecule has 0 bridgehead atoms. The van der Waals surface area contributed by atoms with E-state index in [2.05, 4.69) is 18.8 Å². The van der Waals surface area contributed by atoms with Crippen LogP contribution in [0, 0.1) is 5.92 Å². The highest BCUT2D eigenvalue weighted by Gasteiger charge is 2.48. The van der Waals surface area contributed by atoms with Gasteiger partial charge in [-0.3, -0.25) is 14.5 Å². The lowest BCUT2D eigenvalue weighted by Crippen LogP contribution is -2.29. The van der Waals surface area contributed by atoms with Crippen LogP contribution in [0.25, 0.3) is 16.0 Å². The quantitative estimate of drug-likeness (QED) is 0.0953. The second kappa shape index (κ2) is 13.7. The van der Waals surface area contributed by atoms with Crippen LogP contribution in [0.1, 0.15) is 57.7 Å². The molecule has 2 heterocycles. The van der Waals surface area contributed by atoms with Crippen LogP contribution in [0.5, 0.6) is 17.2 Å². The number of ether oxygens (including phenoxy) is 3. The fraction of sp³-hybridized carbons (Fsp3) is 0.324. The van der Waals surface area contributed by atoms with Gasteiger partial charge in [-0.1, -0.05) is 49.8 Å². The highest BCUT2D eigenvalue weighted by molar-refractivity contribution is 7.22. The molecule has 1 saturated heterocycles. The minimum atomic E-state index is -0.981. The Morgan fingerprint density at radius 2 is 1.75 bits per heavy atom. The van der Waals surface area contributed by atoms with Crippen molar-refractivity contribution in [2.24, 2.45) is 5.92 Å². The van der Waals surface area contributed by atoms with Gasteiger partial charge in [-0.05, 0) is 85.8 Å². The molecule has 44 heavy (non-hydrogen) atoms. The van der Waals surface area contributed by atoms with Crippen molar-refractivity contribution < 1.29 is 28.9 Å². The van der Waals surface area contributed by atoms with Gasteiger partial charge in [0.2, 0.25) is 0 Å². The average molecular weight is 635 g/mol. The SMILES string of the molecule is CCCOc1ccc(C(O)=C2C(=O)C(=O)N(c3nc4ccc(Cl)cc4s3)C2c2ccc(OCCC(C)C)c(OCC)c2)cc1. The van der Waals surface area contributed by atoms with Crippen LogP contribution >= 0.6 is 22.9 Å². The van der Waals surface area contributed by atoms with Gasteiger partial charge in [-0.25, -0.2) is 4.98 Å². The number of carbonyl (C=O) groups is 2. The third-order valence-corrected chi connectivity index (χ3v) is 8.38. The van der Waals surface area contributed by atoms with Gasteiger partial charge in [-0.15, -0.1) is 0 Å². The van der Waals surface area contributed by atoms with E-state index in [0.29, 0.717) is 69.8 Å². The highest BCUT2D eigenvalue weighted by atomic mass is 35.5. The first-order chi connectivity index (χ1) is 21.2. The Labute approximate surface area is 265 Å². The summed E-state index contributed by atoms with van der Waals surface area (Å²) in [6.45, 7) is 9.60. The summed E-state index contributed by atoms with van der Waals surface area (Å²) >= 11 is 7.46. The molecule has 3 aromatic carbocycles. The van der Waals surface area contributed by atoms with Crippen molar-refractivity contribution in [2.45, 2.75) is 46.6 Å². The predicted octanol–water partition coefficient (Wildman–Crippen LogP) is 8.19. The summed E-state index contributed by atoms with van der Waals surface area (Å²) < 4.78 is 18.4. The molecule has 0 radical (unpaired) electrons. The third-order valence-electron chi connectivity index (χ3n) is 7.13. The molecule has 1 amide bonds. The van der Waals surface area contributed by atoms with Gasteiger partial charge in [0.15, 0.2) is 16.6 Å². The maximum Gasteiger partial charge on any atom is 0.301 e. The first-order valence-corrected chi connectivity index (χ1v) is 15.9. The summed E-state index contributed by atoms with van der Waals surface area (Å²) in [4.78, 5) is 33.5. The van der Waals surface area contributed by atoms with Crippen molar-refractivity contribution in [3.05, 3.63) is 82.4 Å². The Kier molecular flexibility index (Phi) is 9.76. The number of nitrogens with zero attached hydrogens (tertiary/aromatic N) is 2. The molecule has 1 aliphatic rings. The molecule has 1 aromatic heterocycles. The number of fused-ring (bicyclic) bond motifs is 1. The van der Waals surface area contributed by atoms with Crippen molar-refractivity contribution >= 4 is 55.7 Å². The number of rotatable bonds is 12. The van der Waals surface area contributed by atoms with Gasteiger partial charge < -0.3 is 19.3 Å². The molecular weight excluding hydrogens is 600 g/mol. The Morgan fingerprint density at radius 3 is 2.45 bits per heavy atom. The summed E-state index contributed by atoms with van der Waals surface area (Å²) in [6.07, 6.45) is 1.73. The van der Waals surface area contributed by atoms with Gasteiger partial charge in [0.25, 0.3) is 5.78 Å². The predicted molar refractivity (Wildman–Crippen MR) is 174 cm³/mol. The molecule has 8 nitrogen and oxygen atoms in total. The van der Waals surface area contributed by atoms with E-state index in [1.165, 1.54) is 16.2 Å². The van der Waals surface area contributed by atoms with E-state index in [-0.39, 0.29) is 11.3 Å². The van der Waals surface area contributed by atoms with Gasteiger partial charge in [0.1, 0.15) is 11.5 Å². The summed E-state index contributed by atoms with van der Waals surface area (Å²) in [5.74, 6) is 0.255. The van der Waals surface area contributed by atoms with Crippen LogP contribution in [0.3, 0.4) is 0 Å². The fourth-order valence-corrected chi connectivity index (χ4v) is 6.17. The minimum absolute atomic E-state index is 0.0505. The molecule has 1 fully saturated rings. The fourth-order valence-electron chi connectivity index (χ4n) is 4.91. The zero-order chi connectivity index (χ0) is 31.4. The Morgan fingerprint density at radius 1 is 0.977 bits per heavy atom. The number of hydrogen-bond donors (Lipinski definition) is 1. The number of aliphatic hydroxyl groups excluding tert-OH is 1. The molecule has 1 aliphatic heterocycles. The van der Waals surface area contributed by atoms with Crippen LogP contribution in [0.4, 0.5) is 5.13 Å². The molecule has 1 unspecified atom stereocenters. The standard InChI is InChI=1S/C34H35ClN2O6S/c1-5-16-42-24-11-7-21(8-12-24)31(38)29-30(22-9-14-26(27(18-22)41-6-2)43-17-15-20(3)4)37(33(40)32(29)39)34-36-25-13-10-23(35)19-28(25)44-34/h7-14,18-20,30,38H,5-6,15-17H2,1-4H3. The number of halogens is 1. The normalized spacial score (nSPS) is 16.2. The number of Topliss-reactive ketones (excluding diaryl/α,β-unsaturated/α-hetero) is 1. The summed E-state index contributed by atoms with van der Waals surface area (Å²) in [5, 5.41) is 12.4. The second-order valence-corrected chi connectivity index (χ2v) is 12.3. The lowest BCUT2D eigenvalue weighted by Gasteiger charge is -2.24. The van der Waals surface area contributed by atoms with Gasteiger partial charge >= 0.3 is 5.91 Å². The molecule has 230 valence electrons. The molecule has 4 aromatic rings. The zero-order valence-electron chi connectivity index (χ0n) is 25.1. The number of benzene rings is 3. The molecule has 0 aliphatic carbocycles. The average Bonchev–Trinajstić information content (AvgIpc) is 3.53. The lowest BCUT2D eigenvalue weighted by molar-refractivity contribution is -0.132. The summed E-state index contributed by atoms with van der Waals surface area (Å²) in [6, 6.07) is 16.4. The number of thiazole rings is 1. The second-order valence-electron chi connectivity index (χ2n) is 10.8. The number of aromatic nitrogens is 1. The molecule has 0 saturated carbocycles. The van der Waals surface area contributed by atoms with Crippen LogP contribution in [0.15, 0.2) is 66.2 Å². The first-order valence-electron chi connectivity index (χ1n) is 14.7. The van der Waals surface area contributed by atoms with Gasteiger partial charge in [0.05, 0.1) is 41.7 Å². The minimum Gasteiger partial charge on any atom is -0.507 e. The van der Waals surface area contributed by atoms with E-state index in [1.54, 1.807) is 60.7 Å². The third kappa shape index (κ3) is 6.54. The van der Waals surface area contributed by atoms with Gasteiger partial charge in [0, 0.05) is 10.6 Å². The van der Waals surface area contributed by atoms with Crippen molar-refractivity contribution in [1.82, 2.24) is 4.98 Å². The van der Waals surface area contributed by atoms with Crippen LogP contribution in [0.2, 0.25) is 5.02 Å². The first kappa shape index (κ1) is 31.3. The lowest BCUT2D eigenvalue weighted by atomic mass is 9.95. The Balaban J connectivity index is 1.64. The number of ketones is 1. The van der Waals surface area contributed by atoms with Crippen molar-refractivity contribution in [3.63, 3.8) is 0 Å². The van der Waals surface area contributed by atoms with E-state index >= 15 is 0 Å². The molecule has 1 N–H and O–H groups in total. The van der Waals surface area contributed by atoms with E-state index in [1.807, 2.05) is 13.8 Å². The molecule has 5 rings (SSSR count). The number of aliphatic hydroxyl groups is 1. The van der Waals surface area contributed by atoms with Crippen molar-refractivity contribution in [2.75, 3.05) is 24.7 Å². The number of hydrogen-bond acceptors (Lipinski definition) is 8. The molecule has 1 atom stereocenters. The van der Waals surface area contributed by atoms with Crippen LogP contribution in [-0.4, -0.2) is 41.6 Å². The highest BCUT2D eigenvalue weighted by Crippen LogP contribution is 2.46. The number of carbonyl (C=O) groups excluding carboxylic acids is 2. The van der Waals surface area contributed by atoms with E-state index in [4.69, 9.17) is 25.8 Å². The number of amides is 1. The molecular formula is C34H35ClN2O6S. The summed E-state index contributed by atoms with van der Waals surface area (Å²) in [7, 11) is 0. The van der Waals surface area contributed by atoms with Crippen molar-refractivity contribution in [3.8, 4) is 17.2 Å². The monoisotopic (exact) mass is 634 g/mol. The maximum atomic E-state index is 13.7. The van der Waals surface area contributed by atoms with E-state index in [0.717, 1.165) is 17.5 Å². The van der Waals surface area contributed by atoms with Crippen molar-refractivity contribution in [1.29, 1.82) is 0 Å². The molecule has 10 heteroatoms. The van der Waals surface area contributed by atoms with Gasteiger partial charge in [-0.2, -0.15) is 0 Å². The van der Waals surface area contributed by atoms with E-state index < -0.39 is 17.7 Å². The number of anilines is 1. The molecule has 0 spiro atoms. The maximum absolute atomic E-state index is 13.7. The van der Waals surface area contributed by atoms with Crippen LogP contribution in [-0.2, 0) is 9.59 Å².